The van der Waals surface area contributed by atoms with E-state index < -0.39 is 0 Å². The van der Waals surface area contributed by atoms with Crippen molar-refractivity contribution in [3.05, 3.63) is 0 Å². The molecule has 2 heterocycles. The largest absolute Gasteiger partial charge is 0.381 e. The van der Waals surface area contributed by atoms with Crippen LogP contribution in [-0.2, 0) is 4.74 Å². The lowest BCUT2D eigenvalue weighted by Gasteiger charge is -2.24. The molecule has 1 saturated carbocycles. The number of likely N-dealkylation sites (tertiary alicyclic amines) is 1. The summed E-state index contributed by atoms with van der Waals surface area (Å²) in [6.45, 7) is 6.78. The van der Waals surface area contributed by atoms with Gasteiger partial charge in [-0.05, 0) is 44.9 Å². The Labute approximate surface area is 105 Å². The first kappa shape index (κ1) is 11.9. The molecule has 98 valence electrons. The molecule has 3 fully saturated rings. The molecule has 3 atom stereocenters. The van der Waals surface area contributed by atoms with E-state index in [-0.39, 0.29) is 0 Å². The summed E-state index contributed by atoms with van der Waals surface area (Å²) in [7, 11) is 0. The highest BCUT2D eigenvalue weighted by atomic mass is 16.5. The fourth-order valence-electron chi connectivity index (χ4n) is 3.42. The first-order chi connectivity index (χ1) is 8.33. The smallest absolute Gasteiger partial charge is 0.0506 e. The van der Waals surface area contributed by atoms with Gasteiger partial charge in [0.2, 0.25) is 0 Å². The van der Waals surface area contributed by atoms with Crippen molar-refractivity contribution in [3.63, 3.8) is 0 Å². The van der Waals surface area contributed by atoms with Gasteiger partial charge >= 0.3 is 0 Å². The van der Waals surface area contributed by atoms with E-state index in [0.717, 1.165) is 43.8 Å². The summed E-state index contributed by atoms with van der Waals surface area (Å²) < 4.78 is 5.54. The minimum atomic E-state index is 0.729. The molecule has 3 aliphatic rings. The number of hydrogen-bond donors (Lipinski definition) is 1. The van der Waals surface area contributed by atoms with Crippen molar-refractivity contribution in [1.29, 1.82) is 0 Å². The van der Waals surface area contributed by atoms with Gasteiger partial charge in [-0.1, -0.05) is 0 Å². The molecule has 0 aromatic rings. The van der Waals surface area contributed by atoms with Gasteiger partial charge in [0.05, 0.1) is 6.61 Å². The van der Waals surface area contributed by atoms with Crippen LogP contribution >= 0.6 is 0 Å². The minimum Gasteiger partial charge on any atom is -0.381 e. The average Bonchev–Trinajstić information content (AvgIpc) is 3.12. The van der Waals surface area contributed by atoms with E-state index in [1.165, 1.54) is 38.6 Å². The molecule has 3 rings (SSSR count). The molecule has 0 radical (unpaired) electrons. The van der Waals surface area contributed by atoms with E-state index in [9.17, 15) is 0 Å². The summed E-state index contributed by atoms with van der Waals surface area (Å²) in [5.74, 6) is 0.758. The molecule has 2 aliphatic heterocycles. The summed E-state index contributed by atoms with van der Waals surface area (Å²) in [6, 6.07) is 2.45. The molecule has 0 bridgehead atoms. The minimum absolute atomic E-state index is 0.729. The number of hydrogen-bond acceptors (Lipinski definition) is 3. The summed E-state index contributed by atoms with van der Waals surface area (Å²) >= 11 is 0. The Hall–Kier alpha value is -0.120. The Balaban J connectivity index is 1.40. The fourth-order valence-corrected chi connectivity index (χ4v) is 3.42. The van der Waals surface area contributed by atoms with Crippen molar-refractivity contribution in [3.8, 4) is 0 Å². The second-order valence-electron chi connectivity index (χ2n) is 6.20. The Morgan fingerprint density at radius 2 is 2.18 bits per heavy atom. The Bertz CT molecular complexity index is 249. The lowest BCUT2D eigenvalue weighted by atomic mass is 10.0. The monoisotopic (exact) mass is 238 g/mol. The predicted molar refractivity (Wildman–Crippen MR) is 69.1 cm³/mol. The van der Waals surface area contributed by atoms with Gasteiger partial charge in [-0.25, -0.2) is 0 Å². The molecule has 3 heteroatoms. The molecule has 0 spiro atoms. The van der Waals surface area contributed by atoms with Crippen molar-refractivity contribution in [2.24, 2.45) is 5.92 Å². The molecular formula is C14H26N2O. The van der Waals surface area contributed by atoms with Gasteiger partial charge in [0.1, 0.15) is 0 Å². The van der Waals surface area contributed by atoms with Crippen LogP contribution in [-0.4, -0.2) is 49.3 Å². The molecule has 2 saturated heterocycles. The van der Waals surface area contributed by atoms with E-state index in [2.05, 4.69) is 17.1 Å². The summed E-state index contributed by atoms with van der Waals surface area (Å²) in [5.41, 5.74) is 0. The molecule has 17 heavy (non-hydrogen) atoms. The van der Waals surface area contributed by atoms with E-state index >= 15 is 0 Å². The van der Waals surface area contributed by atoms with Crippen LogP contribution in [0.3, 0.4) is 0 Å². The Morgan fingerprint density at radius 3 is 2.88 bits per heavy atom. The zero-order chi connectivity index (χ0) is 11.7. The zero-order valence-electron chi connectivity index (χ0n) is 11.0. The summed E-state index contributed by atoms with van der Waals surface area (Å²) in [4.78, 5) is 2.72. The normalized spacial score (nSPS) is 39.7. The first-order valence-corrected chi connectivity index (χ1v) is 7.40. The van der Waals surface area contributed by atoms with Crippen molar-refractivity contribution in [1.82, 2.24) is 10.2 Å². The van der Waals surface area contributed by atoms with Crippen LogP contribution in [0.15, 0.2) is 0 Å². The standard InChI is InChI=1S/C14H26N2O/c1-11-7-13(9-16(11)14-4-5-14)15-8-12-3-2-6-17-10-12/h11-15H,2-10H2,1H3. The molecule has 0 amide bonds. The maximum Gasteiger partial charge on any atom is 0.0506 e. The van der Waals surface area contributed by atoms with Crippen LogP contribution in [0.2, 0.25) is 0 Å². The maximum absolute atomic E-state index is 5.54. The number of nitrogens with zero attached hydrogens (tertiary/aromatic N) is 1. The highest BCUT2D eigenvalue weighted by molar-refractivity contribution is 4.96. The second-order valence-corrected chi connectivity index (χ2v) is 6.20. The van der Waals surface area contributed by atoms with Gasteiger partial charge in [0.25, 0.3) is 0 Å². The number of rotatable bonds is 4. The van der Waals surface area contributed by atoms with Crippen molar-refractivity contribution >= 4 is 0 Å². The average molecular weight is 238 g/mol. The Kier molecular flexibility index (Phi) is 3.69. The summed E-state index contributed by atoms with van der Waals surface area (Å²) in [6.07, 6.45) is 6.81. The van der Waals surface area contributed by atoms with Gasteiger partial charge in [0.15, 0.2) is 0 Å². The topological polar surface area (TPSA) is 24.5 Å². The van der Waals surface area contributed by atoms with E-state index in [1.54, 1.807) is 0 Å². The zero-order valence-corrected chi connectivity index (χ0v) is 11.0. The van der Waals surface area contributed by atoms with Crippen LogP contribution < -0.4 is 5.32 Å². The first-order valence-electron chi connectivity index (χ1n) is 7.40. The van der Waals surface area contributed by atoms with Crippen LogP contribution in [0.25, 0.3) is 0 Å². The maximum atomic E-state index is 5.54. The summed E-state index contributed by atoms with van der Waals surface area (Å²) in [5, 5.41) is 3.77. The Morgan fingerprint density at radius 1 is 1.29 bits per heavy atom. The van der Waals surface area contributed by atoms with Gasteiger partial charge < -0.3 is 10.1 Å². The van der Waals surface area contributed by atoms with Crippen LogP contribution in [0, 0.1) is 5.92 Å². The molecule has 3 unspecified atom stereocenters. The van der Waals surface area contributed by atoms with E-state index in [4.69, 9.17) is 4.74 Å². The van der Waals surface area contributed by atoms with E-state index in [0.29, 0.717) is 0 Å². The molecule has 1 N–H and O–H groups in total. The third-order valence-electron chi connectivity index (χ3n) is 4.59. The van der Waals surface area contributed by atoms with Crippen LogP contribution in [0.1, 0.15) is 39.0 Å². The van der Waals surface area contributed by atoms with E-state index in [1.807, 2.05) is 0 Å². The molecule has 0 aromatic heterocycles. The van der Waals surface area contributed by atoms with Crippen molar-refractivity contribution < 1.29 is 4.74 Å². The number of ether oxygens (including phenoxy) is 1. The van der Waals surface area contributed by atoms with Gasteiger partial charge in [-0.3, -0.25) is 4.90 Å². The molecule has 0 aromatic carbocycles. The highest BCUT2D eigenvalue weighted by Crippen LogP contribution is 2.33. The predicted octanol–water partition coefficient (Wildman–Crippen LogP) is 1.63. The van der Waals surface area contributed by atoms with Gasteiger partial charge in [-0.2, -0.15) is 0 Å². The quantitative estimate of drug-likeness (QED) is 0.805. The van der Waals surface area contributed by atoms with Crippen LogP contribution in [0.4, 0.5) is 0 Å². The highest BCUT2D eigenvalue weighted by Gasteiger charge is 2.38. The third-order valence-corrected chi connectivity index (χ3v) is 4.59. The van der Waals surface area contributed by atoms with Crippen molar-refractivity contribution in [2.75, 3.05) is 26.3 Å². The van der Waals surface area contributed by atoms with Crippen molar-refractivity contribution in [2.45, 2.75) is 57.2 Å². The fraction of sp³-hybridized carbons (Fsp3) is 1.00. The van der Waals surface area contributed by atoms with Gasteiger partial charge in [0, 0.05) is 37.8 Å². The second kappa shape index (κ2) is 5.25. The SMILES string of the molecule is CC1CC(NCC2CCCOC2)CN1C1CC1. The lowest BCUT2D eigenvalue weighted by Crippen LogP contribution is -2.38. The van der Waals surface area contributed by atoms with Crippen LogP contribution in [0.5, 0.6) is 0 Å². The molecule has 3 nitrogen and oxygen atoms in total. The lowest BCUT2D eigenvalue weighted by molar-refractivity contribution is 0.0539. The number of nitrogens with one attached hydrogen (secondary N) is 1. The van der Waals surface area contributed by atoms with Gasteiger partial charge in [-0.15, -0.1) is 0 Å². The molecular weight excluding hydrogens is 212 g/mol. The third kappa shape index (κ3) is 3.01. The molecule has 1 aliphatic carbocycles.